The maximum Gasteiger partial charge on any atom is 0.135 e. The molecule has 48 heavy (non-hydrogen) atoms. The van der Waals surface area contributed by atoms with Gasteiger partial charge in [-0.15, -0.1) is 0 Å². The molecule has 0 saturated carbocycles. The third kappa shape index (κ3) is 38.8. The Hall–Kier alpha value is 0.0300. The predicted octanol–water partition coefficient (Wildman–Crippen LogP) is 12.0. The average molecular weight is 704 g/mol. The number of hydrogen-bond acceptors (Lipinski definition) is 5. The van der Waals surface area contributed by atoms with Gasteiger partial charge in [-0.2, -0.15) is 0 Å². The lowest BCUT2D eigenvalue weighted by Gasteiger charge is -2.28. The highest BCUT2D eigenvalue weighted by molar-refractivity contribution is 7.51. The fourth-order valence-electron chi connectivity index (χ4n) is 6.30. The molecule has 0 fully saturated rings. The van der Waals surface area contributed by atoms with Crippen LogP contribution in [0.2, 0.25) is 0 Å². The molecule has 0 amide bonds. The summed E-state index contributed by atoms with van der Waals surface area (Å²) >= 11 is 0. The Labute approximate surface area is 301 Å². The summed E-state index contributed by atoms with van der Waals surface area (Å²) in [5.41, 5.74) is 0. The first kappa shape index (κ1) is 48.0. The highest BCUT2D eigenvalue weighted by Crippen LogP contribution is 2.38. The van der Waals surface area contributed by atoms with Crippen LogP contribution >= 0.6 is 7.60 Å². The lowest BCUT2D eigenvalue weighted by atomic mass is 10.0. The van der Waals surface area contributed by atoms with Crippen molar-refractivity contribution in [2.24, 2.45) is 0 Å². The smallest absolute Gasteiger partial charge is 0.135 e. The number of unbranched alkanes of at least 4 members (excludes halogenated alkanes) is 26. The van der Waals surface area contributed by atoms with Gasteiger partial charge < -0.3 is 27.9 Å². The van der Waals surface area contributed by atoms with Gasteiger partial charge >= 0.3 is 0 Å². The lowest BCUT2D eigenvalue weighted by molar-refractivity contribution is -0.870. The lowest BCUT2D eigenvalue weighted by Crippen LogP contribution is -2.36. The molecule has 0 radical (unpaired) electrons. The van der Waals surface area contributed by atoms with E-state index in [0.29, 0.717) is 26.2 Å². The molecule has 0 aliphatic carbocycles. The molecule has 0 aliphatic heterocycles. The first-order valence-electron chi connectivity index (χ1n) is 21.1. The van der Waals surface area contributed by atoms with E-state index in [1.807, 2.05) is 0 Å². The second-order valence-corrected chi connectivity index (χ2v) is 17.7. The molecule has 2 atom stereocenters. The molecule has 2 unspecified atom stereocenters. The molecule has 0 aliphatic rings. The molecule has 0 aromatic carbocycles. The minimum absolute atomic E-state index is 0.0580. The van der Waals surface area contributed by atoms with Crippen molar-refractivity contribution in [1.29, 1.82) is 0 Å². The van der Waals surface area contributed by atoms with E-state index in [1.54, 1.807) is 0 Å². The van der Waals surface area contributed by atoms with Crippen molar-refractivity contribution in [3.8, 4) is 0 Å². The van der Waals surface area contributed by atoms with Crippen LogP contribution in [0.3, 0.4) is 0 Å². The molecule has 6 nitrogen and oxygen atoms in total. The minimum Gasteiger partial charge on any atom is -0.778 e. The Bertz CT molecular complexity index is 686. The summed E-state index contributed by atoms with van der Waals surface area (Å²) in [6, 6.07) is 0. The van der Waals surface area contributed by atoms with Gasteiger partial charge in [0.25, 0.3) is 0 Å². The maximum atomic E-state index is 12.6. The highest BCUT2D eigenvalue weighted by atomic mass is 31.2. The second kappa shape index (κ2) is 35.4. The quantitative estimate of drug-likeness (QED) is 0.0361. The van der Waals surface area contributed by atoms with E-state index in [4.69, 9.17) is 14.0 Å². The van der Waals surface area contributed by atoms with Gasteiger partial charge in [0, 0.05) is 25.8 Å². The van der Waals surface area contributed by atoms with Crippen molar-refractivity contribution in [1.82, 2.24) is 0 Å². The molecule has 0 N–H and O–H groups in total. The molecular weight excluding hydrogens is 617 g/mol. The summed E-state index contributed by atoms with van der Waals surface area (Å²) in [5, 5.41) is 0. The standard InChI is InChI=1S/C41H86NO5P/c1-6-8-10-12-14-16-18-20-22-24-26-28-30-32-36-45-39-41(40-47-48(43,44)38-34-35-42(3,4)5)46-37-33-31-29-27-25-23-21-19-17-15-13-11-9-7-2/h41H,6-40H2,1-5H3. The summed E-state index contributed by atoms with van der Waals surface area (Å²) < 4.78 is 30.8. The molecule has 0 bridgehead atoms. The Morgan fingerprint density at radius 1 is 0.500 bits per heavy atom. The fraction of sp³-hybridized carbons (Fsp3) is 1.00. The zero-order valence-electron chi connectivity index (χ0n) is 33.3. The molecule has 7 heteroatoms. The van der Waals surface area contributed by atoms with E-state index < -0.39 is 7.60 Å². The summed E-state index contributed by atoms with van der Waals surface area (Å²) in [6.07, 6.45) is 37.7. The van der Waals surface area contributed by atoms with Crippen molar-refractivity contribution in [2.75, 3.05) is 60.3 Å². The third-order valence-electron chi connectivity index (χ3n) is 9.52. The van der Waals surface area contributed by atoms with E-state index in [2.05, 4.69) is 35.0 Å². The zero-order valence-corrected chi connectivity index (χ0v) is 34.2. The van der Waals surface area contributed by atoms with Crippen LogP contribution < -0.4 is 4.89 Å². The van der Waals surface area contributed by atoms with Gasteiger partial charge in [-0.1, -0.05) is 181 Å². The molecule has 290 valence electrons. The van der Waals surface area contributed by atoms with Crippen LogP contribution in [0, 0.1) is 0 Å². The van der Waals surface area contributed by atoms with Crippen molar-refractivity contribution in [3.63, 3.8) is 0 Å². The molecule has 0 aromatic heterocycles. The largest absolute Gasteiger partial charge is 0.778 e. The van der Waals surface area contributed by atoms with Crippen molar-refractivity contribution in [3.05, 3.63) is 0 Å². The zero-order chi connectivity index (χ0) is 35.4. The molecule has 0 rings (SSSR count). The third-order valence-corrected chi connectivity index (χ3v) is 10.9. The van der Waals surface area contributed by atoms with Gasteiger partial charge in [0.2, 0.25) is 0 Å². The topological polar surface area (TPSA) is 67.8 Å². The number of ether oxygens (including phenoxy) is 2. The van der Waals surface area contributed by atoms with E-state index in [0.717, 1.165) is 30.3 Å². The highest BCUT2D eigenvalue weighted by Gasteiger charge is 2.17. The molecular formula is C41H86NO5P. The van der Waals surface area contributed by atoms with Crippen LogP contribution in [0.15, 0.2) is 0 Å². The number of rotatable bonds is 40. The van der Waals surface area contributed by atoms with Gasteiger partial charge in [-0.25, -0.2) is 0 Å². The molecule has 0 spiro atoms. The molecule has 0 saturated heterocycles. The Morgan fingerprint density at radius 2 is 0.854 bits per heavy atom. The van der Waals surface area contributed by atoms with Crippen LogP contribution in [0.25, 0.3) is 0 Å². The Morgan fingerprint density at radius 3 is 1.23 bits per heavy atom. The average Bonchev–Trinajstić information content (AvgIpc) is 3.04. The van der Waals surface area contributed by atoms with Crippen molar-refractivity contribution >= 4 is 7.60 Å². The van der Waals surface area contributed by atoms with Gasteiger partial charge in [0.1, 0.15) is 13.7 Å². The summed E-state index contributed by atoms with van der Waals surface area (Å²) in [4.78, 5) is 12.6. The van der Waals surface area contributed by atoms with Gasteiger partial charge in [-0.05, 0) is 12.8 Å². The molecule has 0 heterocycles. The Kier molecular flexibility index (Phi) is 35.5. The van der Waals surface area contributed by atoms with Crippen LogP contribution in [-0.2, 0) is 18.6 Å². The SMILES string of the molecule is CCCCCCCCCCCCCCCCOCC(COP(=O)([O-])CCC[N+](C)(C)C)OCCCCCCCCCCCCCCCC. The number of nitrogens with zero attached hydrogens (tertiary/aromatic N) is 1. The van der Waals surface area contributed by atoms with Crippen molar-refractivity contribution in [2.45, 2.75) is 206 Å². The predicted molar refractivity (Wildman–Crippen MR) is 207 cm³/mol. The first-order chi connectivity index (χ1) is 23.2. The minimum atomic E-state index is -3.88. The van der Waals surface area contributed by atoms with Crippen molar-refractivity contribution < 1.29 is 27.9 Å². The number of quaternary nitrogens is 1. The second-order valence-electron chi connectivity index (χ2n) is 15.8. The fourth-order valence-corrected chi connectivity index (χ4v) is 7.36. The van der Waals surface area contributed by atoms with Crippen LogP contribution in [0.5, 0.6) is 0 Å². The first-order valence-corrected chi connectivity index (χ1v) is 22.9. The van der Waals surface area contributed by atoms with Crippen LogP contribution in [-0.4, -0.2) is 70.9 Å². The van der Waals surface area contributed by atoms with E-state index >= 15 is 0 Å². The monoisotopic (exact) mass is 704 g/mol. The van der Waals surface area contributed by atoms with Gasteiger partial charge in [0.15, 0.2) is 0 Å². The van der Waals surface area contributed by atoms with E-state index in [-0.39, 0.29) is 18.9 Å². The van der Waals surface area contributed by atoms with E-state index in [9.17, 15) is 9.46 Å². The van der Waals surface area contributed by atoms with Gasteiger partial charge in [-0.3, -0.25) is 0 Å². The Balaban J connectivity index is 4.08. The summed E-state index contributed by atoms with van der Waals surface area (Å²) in [7, 11) is 2.35. The normalized spacial score (nSPS) is 14.0. The summed E-state index contributed by atoms with van der Waals surface area (Å²) in [6.45, 7) is 7.16. The van der Waals surface area contributed by atoms with E-state index in [1.165, 1.54) is 161 Å². The van der Waals surface area contributed by atoms with Gasteiger partial charge in [0.05, 0.1) is 40.9 Å². The maximum absolute atomic E-state index is 12.6. The van der Waals surface area contributed by atoms with Crippen LogP contribution in [0.1, 0.15) is 200 Å². The van der Waals surface area contributed by atoms with Crippen LogP contribution in [0.4, 0.5) is 0 Å². The number of hydrogen-bond donors (Lipinski definition) is 0. The summed E-state index contributed by atoms with van der Waals surface area (Å²) in [5.74, 6) is 0. The molecule has 0 aromatic rings.